The highest BCUT2D eigenvalue weighted by molar-refractivity contribution is 7.90. The van der Waals surface area contributed by atoms with Crippen LogP contribution in [0.15, 0.2) is 24.3 Å². The third-order valence-electron chi connectivity index (χ3n) is 2.56. The van der Waals surface area contributed by atoms with Crippen molar-refractivity contribution in [3.63, 3.8) is 0 Å². The third kappa shape index (κ3) is 6.43. The van der Waals surface area contributed by atoms with Gasteiger partial charge in [-0.1, -0.05) is 24.0 Å². The van der Waals surface area contributed by atoms with Gasteiger partial charge in [0, 0.05) is 24.3 Å². The molecular formula is C15H19NO4S. The van der Waals surface area contributed by atoms with E-state index >= 15 is 0 Å². The van der Waals surface area contributed by atoms with Crippen LogP contribution in [0.1, 0.15) is 29.3 Å². The van der Waals surface area contributed by atoms with Crippen molar-refractivity contribution in [1.29, 1.82) is 0 Å². The number of aliphatic hydroxyl groups excluding tert-OH is 1. The van der Waals surface area contributed by atoms with Crippen LogP contribution in [0.2, 0.25) is 0 Å². The van der Waals surface area contributed by atoms with Crippen LogP contribution in [0.5, 0.6) is 0 Å². The molecule has 0 bridgehead atoms. The van der Waals surface area contributed by atoms with E-state index in [0.29, 0.717) is 17.5 Å². The smallest absolute Gasteiger partial charge is 0.252 e. The van der Waals surface area contributed by atoms with Gasteiger partial charge in [-0.05, 0) is 19.1 Å². The first-order valence-corrected chi connectivity index (χ1v) is 8.57. The summed E-state index contributed by atoms with van der Waals surface area (Å²) in [5, 5.41) is 11.4. The van der Waals surface area contributed by atoms with Crippen LogP contribution >= 0.6 is 0 Å². The number of aliphatic hydroxyl groups is 1. The highest BCUT2D eigenvalue weighted by atomic mass is 32.2. The first-order chi connectivity index (χ1) is 9.83. The van der Waals surface area contributed by atoms with Crippen LogP contribution < -0.4 is 5.32 Å². The van der Waals surface area contributed by atoms with Gasteiger partial charge >= 0.3 is 0 Å². The Bertz CT molecular complexity index is 656. The largest absolute Gasteiger partial charge is 0.395 e. The van der Waals surface area contributed by atoms with Crippen molar-refractivity contribution in [3.05, 3.63) is 35.4 Å². The minimum absolute atomic E-state index is 0.0350. The number of benzene rings is 1. The summed E-state index contributed by atoms with van der Waals surface area (Å²) in [5.41, 5.74) is 0.943. The van der Waals surface area contributed by atoms with E-state index < -0.39 is 15.9 Å². The average molecular weight is 309 g/mol. The molecule has 0 heterocycles. The Morgan fingerprint density at radius 1 is 1.38 bits per heavy atom. The van der Waals surface area contributed by atoms with Gasteiger partial charge in [0.25, 0.3) is 5.91 Å². The molecule has 6 heteroatoms. The molecule has 1 atom stereocenters. The molecule has 0 aromatic heterocycles. The van der Waals surface area contributed by atoms with Gasteiger partial charge in [-0.2, -0.15) is 0 Å². The van der Waals surface area contributed by atoms with E-state index in [4.69, 9.17) is 5.11 Å². The highest BCUT2D eigenvalue weighted by Crippen LogP contribution is 2.08. The molecule has 1 rings (SSSR count). The lowest BCUT2D eigenvalue weighted by Gasteiger charge is -2.13. The molecule has 0 fully saturated rings. The van der Waals surface area contributed by atoms with Crippen LogP contribution in [0, 0.1) is 11.8 Å². The Balaban J connectivity index is 2.86. The summed E-state index contributed by atoms with van der Waals surface area (Å²) in [6.07, 6.45) is 1.46. The van der Waals surface area contributed by atoms with Crippen LogP contribution in [-0.4, -0.2) is 44.1 Å². The van der Waals surface area contributed by atoms with E-state index in [9.17, 15) is 13.2 Å². The molecule has 2 N–H and O–H groups in total. The Kier molecular flexibility index (Phi) is 6.40. The van der Waals surface area contributed by atoms with E-state index in [1.54, 1.807) is 31.2 Å². The summed E-state index contributed by atoms with van der Waals surface area (Å²) in [4.78, 5) is 12.2. The summed E-state index contributed by atoms with van der Waals surface area (Å²) in [6, 6.07) is 6.34. The Labute approximate surface area is 125 Å². The maximum absolute atomic E-state index is 12.2. The number of carbonyl (C=O) groups excluding carboxylic acids is 1. The van der Waals surface area contributed by atoms with Gasteiger partial charge in [0.2, 0.25) is 0 Å². The lowest BCUT2D eigenvalue weighted by atomic mass is 10.1. The zero-order chi connectivity index (χ0) is 15.9. The van der Waals surface area contributed by atoms with E-state index in [-0.39, 0.29) is 18.3 Å². The molecule has 114 valence electrons. The fourth-order valence-corrected chi connectivity index (χ4v) is 2.79. The fourth-order valence-electron chi connectivity index (χ4n) is 1.80. The van der Waals surface area contributed by atoms with Crippen molar-refractivity contribution < 1.29 is 18.3 Å². The maximum atomic E-state index is 12.2. The van der Waals surface area contributed by atoms with Crippen LogP contribution in [0.25, 0.3) is 0 Å². The molecular weight excluding hydrogens is 290 g/mol. The highest BCUT2D eigenvalue weighted by Gasteiger charge is 2.15. The summed E-state index contributed by atoms with van der Waals surface area (Å²) >= 11 is 0. The molecule has 0 aliphatic rings. The fraction of sp³-hybridized carbons (Fsp3) is 0.400. The molecule has 0 aliphatic carbocycles. The van der Waals surface area contributed by atoms with Gasteiger partial charge in [-0.3, -0.25) is 4.79 Å². The van der Waals surface area contributed by atoms with Crippen LogP contribution in [0.4, 0.5) is 0 Å². The summed E-state index contributed by atoms with van der Waals surface area (Å²) < 4.78 is 22.4. The molecule has 1 amide bonds. The molecule has 5 nitrogen and oxygen atoms in total. The number of rotatable bonds is 5. The minimum Gasteiger partial charge on any atom is -0.395 e. The molecule has 0 saturated carbocycles. The van der Waals surface area contributed by atoms with Gasteiger partial charge in [-0.25, -0.2) is 8.42 Å². The maximum Gasteiger partial charge on any atom is 0.252 e. The predicted octanol–water partition coefficient (Wildman–Crippen LogP) is 0.583. The first-order valence-electron chi connectivity index (χ1n) is 6.51. The van der Waals surface area contributed by atoms with Gasteiger partial charge in [0.1, 0.15) is 9.84 Å². The Morgan fingerprint density at radius 3 is 2.67 bits per heavy atom. The number of sulfone groups is 1. The van der Waals surface area contributed by atoms with Crippen molar-refractivity contribution >= 4 is 15.7 Å². The Hall–Kier alpha value is -1.84. The zero-order valence-corrected chi connectivity index (χ0v) is 12.9. The number of hydrogen-bond acceptors (Lipinski definition) is 4. The quantitative estimate of drug-likeness (QED) is 0.780. The predicted molar refractivity (Wildman–Crippen MR) is 81.7 cm³/mol. The van der Waals surface area contributed by atoms with Crippen molar-refractivity contribution in [3.8, 4) is 11.8 Å². The van der Waals surface area contributed by atoms with Gasteiger partial charge in [0.15, 0.2) is 0 Å². The lowest BCUT2D eigenvalue weighted by molar-refractivity contribution is 0.0943. The van der Waals surface area contributed by atoms with E-state index in [2.05, 4.69) is 17.2 Å². The van der Waals surface area contributed by atoms with Crippen molar-refractivity contribution in [2.45, 2.75) is 19.4 Å². The Morgan fingerprint density at radius 2 is 2.05 bits per heavy atom. The summed E-state index contributed by atoms with van der Waals surface area (Å²) in [5.74, 6) is 5.11. The standard InChI is InChI=1S/C15H19NO4S/c1-12(11-21(2,19)20)16-15(18)14-9-4-3-7-13(14)8-5-6-10-17/h3-4,7,9,12,17H,6,10-11H2,1-2H3,(H,16,18). The third-order valence-corrected chi connectivity index (χ3v) is 3.67. The second-order valence-electron chi connectivity index (χ2n) is 4.79. The average Bonchev–Trinajstić information content (AvgIpc) is 2.37. The first kappa shape index (κ1) is 17.2. The van der Waals surface area contributed by atoms with Gasteiger partial charge < -0.3 is 10.4 Å². The van der Waals surface area contributed by atoms with Crippen LogP contribution in [-0.2, 0) is 9.84 Å². The van der Waals surface area contributed by atoms with Gasteiger partial charge in [-0.15, -0.1) is 0 Å². The molecule has 0 aliphatic heterocycles. The van der Waals surface area contributed by atoms with Crippen molar-refractivity contribution in [2.24, 2.45) is 0 Å². The molecule has 1 aromatic rings. The number of amides is 1. The zero-order valence-electron chi connectivity index (χ0n) is 12.1. The molecule has 1 unspecified atom stereocenters. The van der Waals surface area contributed by atoms with E-state index in [1.165, 1.54) is 0 Å². The topological polar surface area (TPSA) is 83.5 Å². The second-order valence-corrected chi connectivity index (χ2v) is 6.97. The van der Waals surface area contributed by atoms with Gasteiger partial charge in [0.05, 0.1) is 17.9 Å². The van der Waals surface area contributed by atoms with E-state index in [0.717, 1.165) is 6.26 Å². The van der Waals surface area contributed by atoms with Crippen molar-refractivity contribution in [1.82, 2.24) is 5.32 Å². The molecule has 21 heavy (non-hydrogen) atoms. The molecule has 0 spiro atoms. The summed E-state index contributed by atoms with van der Waals surface area (Å²) in [7, 11) is -3.15. The minimum atomic E-state index is -3.15. The number of carbonyl (C=O) groups is 1. The number of hydrogen-bond donors (Lipinski definition) is 2. The summed E-state index contributed by atoms with van der Waals surface area (Å²) in [6.45, 7) is 1.60. The monoisotopic (exact) mass is 309 g/mol. The normalized spacial score (nSPS) is 12.1. The SMILES string of the molecule is CC(CS(C)(=O)=O)NC(=O)c1ccccc1C#CCCO. The molecule has 1 aromatic carbocycles. The lowest BCUT2D eigenvalue weighted by Crippen LogP contribution is -2.37. The van der Waals surface area contributed by atoms with Crippen LogP contribution in [0.3, 0.4) is 0 Å². The molecule has 0 radical (unpaired) electrons. The molecule has 0 saturated heterocycles. The van der Waals surface area contributed by atoms with E-state index in [1.807, 2.05) is 0 Å². The second kappa shape index (κ2) is 7.81. The van der Waals surface area contributed by atoms with Crippen molar-refractivity contribution in [2.75, 3.05) is 18.6 Å². The number of nitrogens with one attached hydrogen (secondary N) is 1.